The molecule has 1 aliphatic heterocycles. The maximum atomic E-state index is 13.9. The van der Waals surface area contributed by atoms with Gasteiger partial charge in [-0.25, -0.2) is 0 Å². The number of phenolic OH excluding ortho intramolecular Hbond substituents is 3. The van der Waals surface area contributed by atoms with Crippen LogP contribution in [0.4, 0.5) is 0 Å². The molecule has 2 aliphatic carbocycles. The predicted molar refractivity (Wildman–Crippen MR) is 163 cm³/mol. The van der Waals surface area contributed by atoms with Crippen molar-refractivity contribution in [2.24, 2.45) is 0 Å². The molecule has 3 aromatic carbocycles. The third kappa shape index (κ3) is 5.16. The summed E-state index contributed by atoms with van der Waals surface area (Å²) in [6.45, 7) is 2.10. The van der Waals surface area contributed by atoms with Gasteiger partial charge >= 0.3 is 5.97 Å². The maximum Gasteiger partial charge on any atom is 0.325 e. The number of benzene rings is 3. The Balaban J connectivity index is 1.59. The van der Waals surface area contributed by atoms with Gasteiger partial charge in [-0.1, -0.05) is 6.07 Å². The van der Waals surface area contributed by atoms with Crippen molar-refractivity contribution in [3.05, 3.63) is 68.8 Å². The highest BCUT2D eigenvalue weighted by Gasteiger charge is 2.47. The van der Waals surface area contributed by atoms with Crippen LogP contribution in [-0.2, 0) is 14.3 Å². The highest BCUT2D eigenvalue weighted by molar-refractivity contribution is 6.31. The number of ether oxygens (including phenoxy) is 3. The van der Waals surface area contributed by atoms with Crippen molar-refractivity contribution in [1.82, 2.24) is 5.32 Å². The summed E-state index contributed by atoms with van der Waals surface area (Å²) >= 11 is 0. The summed E-state index contributed by atoms with van der Waals surface area (Å²) in [4.78, 5) is 52.4. The number of rotatable bonds is 6. The molecule has 1 heterocycles. The summed E-state index contributed by atoms with van der Waals surface area (Å²) in [7, 11) is 1.27. The van der Waals surface area contributed by atoms with E-state index >= 15 is 0 Å². The number of fused-ring (bicyclic) bond motifs is 5. The van der Waals surface area contributed by atoms with E-state index in [4.69, 9.17) is 14.2 Å². The number of aromatic hydroxyl groups is 3. The Morgan fingerprint density at radius 2 is 1.51 bits per heavy atom. The number of carboxylic acids is 1. The number of aryl methyl sites for hydroxylation is 1. The lowest BCUT2D eigenvalue weighted by Crippen LogP contribution is -2.54. The van der Waals surface area contributed by atoms with Crippen molar-refractivity contribution < 1.29 is 74.2 Å². The van der Waals surface area contributed by atoms with E-state index in [-0.39, 0.29) is 39.1 Å². The number of ketones is 2. The molecule has 0 radical (unpaired) electrons. The number of carbonyl (C=O) groups excluding carboxylic acids is 3. The predicted octanol–water partition coefficient (Wildman–Crippen LogP) is 0.309. The largest absolute Gasteiger partial charge is 0.507 e. The van der Waals surface area contributed by atoms with Gasteiger partial charge in [-0.15, -0.1) is 0 Å². The summed E-state index contributed by atoms with van der Waals surface area (Å²) in [6, 6.07) is 3.26. The van der Waals surface area contributed by atoms with E-state index in [0.717, 1.165) is 12.1 Å². The molecule has 6 rings (SSSR count). The third-order valence-corrected chi connectivity index (χ3v) is 8.97. The molecule has 0 bridgehead atoms. The molecule has 5 unspecified atom stereocenters. The van der Waals surface area contributed by atoms with Gasteiger partial charge in [0.1, 0.15) is 59.6 Å². The molecule has 9 N–H and O–H groups in total. The van der Waals surface area contributed by atoms with Gasteiger partial charge in [0.2, 0.25) is 0 Å². The Labute approximate surface area is 276 Å². The second-order valence-corrected chi connectivity index (χ2v) is 12.0. The number of hydrogen-bond donors (Lipinski definition) is 9. The van der Waals surface area contributed by atoms with Crippen LogP contribution < -0.4 is 10.1 Å². The molecular formula is C33H31NO15. The second kappa shape index (κ2) is 12.1. The lowest BCUT2D eigenvalue weighted by Gasteiger charge is -2.40. The van der Waals surface area contributed by atoms with E-state index in [1.165, 1.54) is 33.1 Å². The molecule has 7 atom stereocenters. The number of carboxylic acid groups (broad SMARTS) is 1. The average Bonchev–Trinajstić information content (AvgIpc) is 3.04. The molecule has 1 saturated heterocycles. The Hall–Kier alpha value is -5.10. The van der Waals surface area contributed by atoms with Crippen molar-refractivity contribution >= 4 is 23.4 Å². The number of aliphatic hydroxyl groups is 4. The molecule has 1 amide bonds. The fraction of sp³-hybridized carbons (Fsp3) is 0.333. The van der Waals surface area contributed by atoms with Crippen LogP contribution in [0.1, 0.15) is 78.0 Å². The molecule has 3 aromatic rings. The number of amides is 1. The fourth-order valence-electron chi connectivity index (χ4n) is 6.45. The van der Waals surface area contributed by atoms with E-state index in [2.05, 4.69) is 5.32 Å². The van der Waals surface area contributed by atoms with E-state index in [9.17, 15) is 60.0 Å². The first kappa shape index (κ1) is 33.8. The number of phenols is 3. The number of hydrogen-bond acceptors (Lipinski definition) is 14. The molecular weight excluding hydrogens is 650 g/mol. The quantitative estimate of drug-likeness (QED) is 0.133. The molecule has 1 fully saturated rings. The van der Waals surface area contributed by atoms with E-state index in [1.54, 1.807) is 0 Å². The zero-order chi connectivity index (χ0) is 35.8. The summed E-state index contributed by atoms with van der Waals surface area (Å²) in [5.74, 6) is -6.49. The van der Waals surface area contributed by atoms with E-state index in [0.29, 0.717) is 0 Å². The van der Waals surface area contributed by atoms with Crippen LogP contribution in [0.2, 0.25) is 0 Å². The highest BCUT2D eigenvalue weighted by atomic mass is 16.7. The zero-order valence-corrected chi connectivity index (χ0v) is 26.0. The summed E-state index contributed by atoms with van der Waals surface area (Å²) in [5, 5.41) is 88.2. The zero-order valence-electron chi connectivity index (χ0n) is 26.0. The first-order valence-electron chi connectivity index (χ1n) is 14.9. The minimum absolute atomic E-state index is 0.0307. The molecule has 16 nitrogen and oxygen atoms in total. The first-order valence-corrected chi connectivity index (χ1v) is 14.9. The van der Waals surface area contributed by atoms with Gasteiger partial charge in [-0.2, -0.15) is 0 Å². The Kier molecular flexibility index (Phi) is 8.34. The van der Waals surface area contributed by atoms with Crippen LogP contribution >= 0.6 is 0 Å². The lowest BCUT2D eigenvalue weighted by atomic mass is 9.74. The van der Waals surface area contributed by atoms with Crippen LogP contribution in [0, 0.1) is 6.92 Å². The Morgan fingerprint density at radius 1 is 0.878 bits per heavy atom. The maximum absolute atomic E-state index is 13.9. The molecule has 0 aromatic heterocycles. The minimum atomic E-state index is -1.84. The standard InChI is InChI=1S/C33H31NO15/c1-9-4-15-21(27(41)18(9)31(44)34-10(2)32(45)46)20-13(25(39)30(15)49-33-29(43)26(40)17(36)8-48-33)7-14-22(28(20)42)24(38)12-5-11(47-3)6-16(35)19(12)23(14)37/h4-7,10,17,25-26,29-30,33,35-36,39-43H,8H2,1-3H3,(H,34,44)(H,45,46)/t10?,17?,25-,26?,29?,30-,33?/m0/s1. The van der Waals surface area contributed by atoms with Gasteiger partial charge in [-0.3, -0.25) is 19.2 Å². The second-order valence-electron chi connectivity index (χ2n) is 12.0. The van der Waals surface area contributed by atoms with Gasteiger partial charge < -0.3 is 60.4 Å². The Bertz CT molecular complexity index is 1960. The van der Waals surface area contributed by atoms with Gasteiger partial charge in [0.25, 0.3) is 5.91 Å². The van der Waals surface area contributed by atoms with Crippen molar-refractivity contribution in [2.45, 2.75) is 56.7 Å². The number of aliphatic carboxylic acids is 1. The summed E-state index contributed by atoms with van der Waals surface area (Å²) in [5.41, 5.74) is -3.17. The highest BCUT2D eigenvalue weighted by Crippen LogP contribution is 2.56. The van der Waals surface area contributed by atoms with Crippen LogP contribution in [0.5, 0.6) is 23.0 Å². The van der Waals surface area contributed by atoms with Crippen LogP contribution in [-0.4, -0.2) is 109 Å². The van der Waals surface area contributed by atoms with Gasteiger partial charge in [0.05, 0.1) is 30.4 Å². The normalized spacial score (nSPS) is 24.6. The van der Waals surface area contributed by atoms with Gasteiger partial charge in [0, 0.05) is 28.3 Å². The molecule has 49 heavy (non-hydrogen) atoms. The molecule has 0 saturated carbocycles. The van der Waals surface area contributed by atoms with Crippen LogP contribution in [0.25, 0.3) is 11.1 Å². The van der Waals surface area contributed by atoms with Gasteiger partial charge in [0.15, 0.2) is 17.9 Å². The van der Waals surface area contributed by atoms with Crippen molar-refractivity contribution in [2.75, 3.05) is 13.7 Å². The fourth-order valence-corrected chi connectivity index (χ4v) is 6.45. The molecule has 0 spiro atoms. The SMILES string of the molecule is COc1cc(O)c2c(c1)C(=O)c1c(cc3c(c1O)-c1c(cc(C)c(C(=O)NC(C)C(=O)O)c1O)[C@H](OC1OCC(O)C(O)C1O)[C@H]3O)C2=O. The van der Waals surface area contributed by atoms with Crippen molar-refractivity contribution in [1.29, 1.82) is 0 Å². The number of nitrogens with one attached hydrogen (secondary N) is 1. The van der Waals surface area contributed by atoms with Crippen molar-refractivity contribution in [3.63, 3.8) is 0 Å². The molecule has 258 valence electrons. The Morgan fingerprint density at radius 3 is 2.16 bits per heavy atom. The van der Waals surface area contributed by atoms with E-state index in [1.807, 2.05) is 0 Å². The monoisotopic (exact) mass is 681 g/mol. The lowest BCUT2D eigenvalue weighted by molar-refractivity contribution is -0.292. The van der Waals surface area contributed by atoms with Crippen LogP contribution in [0.15, 0.2) is 24.3 Å². The summed E-state index contributed by atoms with van der Waals surface area (Å²) < 4.78 is 16.4. The third-order valence-electron chi connectivity index (χ3n) is 8.97. The summed E-state index contributed by atoms with van der Waals surface area (Å²) in [6.07, 6.45) is -10.1. The first-order chi connectivity index (χ1) is 23.1. The van der Waals surface area contributed by atoms with Gasteiger partial charge in [-0.05, 0) is 42.7 Å². The number of carbonyl (C=O) groups is 4. The smallest absolute Gasteiger partial charge is 0.325 e. The molecule has 16 heteroatoms. The number of aliphatic hydroxyl groups excluding tert-OH is 4. The molecule has 3 aliphatic rings. The average molecular weight is 682 g/mol. The van der Waals surface area contributed by atoms with E-state index < -0.39 is 112 Å². The van der Waals surface area contributed by atoms with Crippen molar-refractivity contribution in [3.8, 4) is 34.1 Å². The minimum Gasteiger partial charge on any atom is -0.507 e. The topological polar surface area (TPSA) is 270 Å². The number of methoxy groups -OCH3 is 1. The van der Waals surface area contributed by atoms with Crippen LogP contribution in [0.3, 0.4) is 0 Å².